The van der Waals surface area contributed by atoms with Crippen molar-refractivity contribution in [2.24, 2.45) is 5.10 Å². The fourth-order valence-corrected chi connectivity index (χ4v) is 2.46. The predicted octanol–water partition coefficient (Wildman–Crippen LogP) is 3.54. The molecular weight excluding hydrogens is 342 g/mol. The fraction of sp³-hybridized carbons (Fsp3) is 0.333. The van der Waals surface area contributed by atoms with E-state index in [-0.39, 0.29) is 12.3 Å². The van der Waals surface area contributed by atoms with Crippen molar-refractivity contribution < 1.29 is 14.3 Å². The van der Waals surface area contributed by atoms with Crippen molar-refractivity contribution in [3.8, 4) is 11.5 Å². The van der Waals surface area contributed by atoms with E-state index in [1.165, 1.54) is 0 Å². The van der Waals surface area contributed by atoms with Crippen LogP contribution in [0.1, 0.15) is 37.3 Å². The molecule has 6 heteroatoms. The van der Waals surface area contributed by atoms with Gasteiger partial charge in [0.2, 0.25) is 5.91 Å². The average molecular weight is 369 g/mol. The molecule has 144 valence electrons. The van der Waals surface area contributed by atoms with E-state index in [1.807, 2.05) is 30.3 Å². The minimum atomic E-state index is -0.195. The van der Waals surface area contributed by atoms with Gasteiger partial charge in [-0.15, -0.1) is 0 Å². The SMILES string of the molecule is CCCCCOc1ccc(/C=N\NC(=O)Cc2ccc(N)cc2)cc1OC. The summed E-state index contributed by atoms with van der Waals surface area (Å²) in [5, 5.41) is 4.00. The highest BCUT2D eigenvalue weighted by atomic mass is 16.5. The highest BCUT2D eigenvalue weighted by Gasteiger charge is 2.05. The summed E-state index contributed by atoms with van der Waals surface area (Å²) in [4.78, 5) is 11.9. The minimum absolute atomic E-state index is 0.195. The van der Waals surface area contributed by atoms with Crippen LogP contribution in [0.5, 0.6) is 11.5 Å². The van der Waals surface area contributed by atoms with Gasteiger partial charge in [0, 0.05) is 5.69 Å². The quantitative estimate of drug-likeness (QED) is 0.290. The second kappa shape index (κ2) is 10.9. The number of nitrogen functional groups attached to an aromatic ring is 1. The molecule has 0 heterocycles. The number of hydrazone groups is 1. The molecule has 0 radical (unpaired) electrons. The fourth-order valence-electron chi connectivity index (χ4n) is 2.46. The third kappa shape index (κ3) is 7.01. The van der Waals surface area contributed by atoms with Crippen molar-refractivity contribution in [2.75, 3.05) is 19.5 Å². The van der Waals surface area contributed by atoms with E-state index in [9.17, 15) is 4.79 Å². The highest BCUT2D eigenvalue weighted by molar-refractivity contribution is 5.84. The van der Waals surface area contributed by atoms with Gasteiger partial charge in [-0.3, -0.25) is 4.79 Å². The van der Waals surface area contributed by atoms with Gasteiger partial charge in [0.25, 0.3) is 0 Å². The van der Waals surface area contributed by atoms with E-state index in [4.69, 9.17) is 15.2 Å². The topological polar surface area (TPSA) is 85.9 Å². The Morgan fingerprint density at radius 2 is 1.93 bits per heavy atom. The Morgan fingerprint density at radius 1 is 1.15 bits per heavy atom. The van der Waals surface area contributed by atoms with Gasteiger partial charge < -0.3 is 15.2 Å². The number of hydrogen-bond donors (Lipinski definition) is 2. The van der Waals surface area contributed by atoms with Crippen LogP contribution in [0.2, 0.25) is 0 Å². The molecule has 0 aliphatic rings. The summed E-state index contributed by atoms with van der Waals surface area (Å²) in [6.45, 7) is 2.82. The Hall–Kier alpha value is -3.02. The molecule has 0 atom stereocenters. The second-order valence-corrected chi connectivity index (χ2v) is 6.18. The van der Waals surface area contributed by atoms with Gasteiger partial charge in [-0.25, -0.2) is 5.43 Å². The van der Waals surface area contributed by atoms with Crippen molar-refractivity contribution in [1.29, 1.82) is 0 Å². The molecule has 2 aromatic rings. The molecule has 6 nitrogen and oxygen atoms in total. The number of methoxy groups -OCH3 is 1. The smallest absolute Gasteiger partial charge is 0.244 e. The van der Waals surface area contributed by atoms with Crippen molar-refractivity contribution in [2.45, 2.75) is 32.6 Å². The van der Waals surface area contributed by atoms with Crippen LogP contribution in [0.4, 0.5) is 5.69 Å². The van der Waals surface area contributed by atoms with Crippen LogP contribution in [0.3, 0.4) is 0 Å². The van der Waals surface area contributed by atoms with Gasteiger partial charge in [0.05, 0.1) is 26.4 Å². The van der Waals surface area contributed by atoms with Crippen LogP contribution >= 0.6 is 0 Å². The monoisotopic (exact) mass is 369 g/mol. The maximum Gasteiger partial charge on any atom is 0.244 e. The van der Waals surface area contributed by atoms with Crippen LogP contribution in [-0.2, 0) is 11.2 Å². The second-order valence-electron chi connectivity index (χ2n) is 6.18. The maximum atomic E-state index is 11.9. The lowest BCUT2D eigenvalue weighted by Crippen LogP contribution is -2.19. The van der Waals surface area contributed by atoms with Crippen LogP contribution in [-0.4, -0.2) is 25.8 Å². The molecule has 1 amide bonds. The molecule has 0 aliphatic heterocycles. The first-order chi connectivity index (χ1) is 13.1. The number of hydrogen-bond acceptors (Lipinski definition) is 5. The highest BCUT2D eigenvalue weighted by Crippen LogP contribution is 2.27. The van der Waals surface area contributed by atoms with Gasteiger partial charge in [-0.1, -0.05) is 31.9 Å². The van der Waals surface area contributed by atoms with Crippen molar-refractivity contribution >= 4 is 17.8 Å². The number of nitrogens with two attached hydrogens (primary N) is 1. The number of nitrogens with zero attached hydrogens (tertiary/aromatic N) is 1. The minimum Gasteiger partial charge on any atom is -0.493 e. The summed E-state index contributed by atoms with van der Waals surface area (Å²) in [6, 6.07) is 12.7. The number of nitrogens with one attached hydrogen (secondary N) is 1. The Kier molecular flexibility index (Phi) is 8.16. The first-order valence-corrected chi connectivity index (χ1v) is 9.09. The molecule has 0 bridgehead atoms. The molecule has 0 spiro atoms. The normalized spacial score (nSPS) is 10.7. The van der Waals surface area contributed by atoms with Gasteiger partial charge in [0.15, 0.2) is 11.5 Å². The number of ether oxygens (including phenoxy) is 2. The third-order valence-corrected chi connectivity index (χ3v) is 3.94. The van der Waals surface area contributed by atoms with Crippen LogP contribution in [0.25, 0.3) is 0 Å². The zero-order valence-electron chi connectivity index (χ0n) is 15.9. The molecule has 0 aliphatic carbocycles. The molecule has 27 heavy (non-hydrogen) atoms. The standard InChI is InChI=1S/C21H27N3O3/c1-3-4-5-12-27-19-11-8-17(13-20(19)26-2)15-23-24-21(25)14-16-6-9-18(22)10-7-16/h6-11,13,15H,3-5,12,14,22H2,1-2H3,(H,24,25)/b23-15-. The molecule has 2 aromatic carbocycles. The van der Waals surface area contributed by atoms with Crippen LogP contribution in [0.15, 0.2) is 47.6 Å². The van der Waals surface area contributed by atoms with Crippen molar-refractivity contribution in [1.82, 2.24) is 5.43 Å². The van der Waals surface area contributed by atoms with E-state index < -0.39 is 0 Å². The van der Waals surface area contributed by atoms with E-state index >= 15 is 0 Å². The molecule has 0 fully saturated rings. The number of anilines is 1. The lowest BCUT2D eigenvalue weighted by molar-refractivity contribution is -0.120. The first kappa shape index (κ1) is 20.3. The lowest BCUT2D eigenvalue weighted by atomic mass is 10.1. The first-order valence-electron chi connectivity index (χ1n) is 9.09. The summed E-state index contributed by atoms with van der Waals surface area (Å²) >= 11 is 0. The Morgan fingerprint density at radius 3 is 2.63 bits per heavy atom. The largest absolute Gasteiger partial charge is 0.493 e. The molecule has 0 saturated carbocycles. The summed E-state index contributed by atoms with van der Waals surface area (Å²) in [5.41, 5.74) is 10.5. The Labute approximate surface area is 160 Å². The lowest BCUT2D eigenvalue weighted by Gasteiger charge is -2.11. The van der Waals surface area contributed by atoms with Gasteiger partial charge >= 0.3 is 0 Å². The van der Waals surface area contributed by atoms with E-state index in [0.29, 0.717) is 23.8 Å². The summed E-state index contributed by atoms with van der Waals surface area (Å²) in [6.07, 6.45) is 5.13. The zero-order valence-corrected chi connectivity index (χ0v) is 15.9. The molecule has 0 aromatic heterocycles. The summed E-state index contributed by atoms with van der Waals surface area (Å²) < 4.78 is 11.1. The number of unbranched alkanes of at least 4 members (excludes halogenated alkanes) is 2. The number of carbonyl (C=O) groups excluding carboxylic acids is 1. The molecule has 2 rings (SSSR count). The van der Waals surface area contributed by atoms with Crippen molar-refractivity contribution in [3.63, 3.8) is 0 Å². The Bertz CT molecular complexity index is 758. The third-order valence-electron chi connectivity index (χ3n) is 3.94. The van der Waals surface area contributed by atoms with E-state index in [2.05, 4.69) is 17.5 Å². The number of rotatable bonds is 10. The van der Waals surface area contributed by atoms with E-state index in [1.54, 1.807) is 25.5 Å². The zero-order chi connectivity index (χ0) is 19.5. The van der Waals surface area contributed by atoms with Gasteiger partial charge in [-0.2, -0.15) is 5.10 Å². The number of carbonyl (C=O) groups is 1. The van der Waals surface area contributed by atoms with Crippen LogP contribution in [0, 0.1) is 0 Å². The maximum absolute atomic E-state index is 11.9. The molecule has 3 N–H and O–H groups in total. The van der Waals surface area contributed by atoms with E-state index in [0.717, 1.165) is 30.4 Å². The Balaban J connectivity index is 1.88. The molecule has 0 unspecified atom stereocenters. The predicted molar refractivity (Wildman–Crippen MR) is 108 cm³/mol. The average Bonchev–Trinajstić information content (AvgIpc) is 2.67. The summed E-state index contributed by atoms with van der Waals surface area (Å²) in [5.74, 6) is 1.15. The van der Waals surface area contributed by atoms with Crippen molar-refractivity contribution in [3.05, 3.63) is 53.6 Å². The molecular formula is C21H27N3O3. The van der Waals surface area contributed by atoms with Gasteiger partial charge in [0.1, 0.15) is 0 Å². The number of amides is 1. The van der Waals surface area contributed by atoms with Gasteiger partial charge in [-0.05, 0) is 47.9 Å². The summed E-state index contributed by atoms with van der Waals surface area (Å²) in [7, 11) is 1.60. The molecule has 0 saturated heterocycles. The number of benzene rings is 2. The van der Waals surface area contributed by atoms with Crippen LogP contribution < -0.4 is 20.6 Å².